The summed E-state index contributed by atoms with van der Waals surface area (Å²) >= 11 is 0. The molecule has 15 heteroatoms. The standard InChI is InChI=1S/C24H29N5O3.Mg.6H2O.2H/c1-4-5-10-21(30)29(22(16(2)3)24(31)32)15-17-11-13-18(14-12-17)19-8-6-7-9-20(19)23-25-27-28-26-23;;;;;;;;;/h6-9,11-14,16,22H,4-5,10,15H2,1-3H3,(H,31,32)(H,25,26,27,28);;6*1H2;;/t22-;;;;;;;;;/m0........./s1. The summed E-state index contributed by atoms with van der Waals surface area (Å²) < 4.78 is 0. The van der Waals surface area contributed by atoms with Crippen LogP contribution in [0.25, 0.3) is 22.5 Å². The minimum atomic E-state index is -0.976. The predicted octanol–water partition coefficient (Wildman–Crippen LogP) is -1.70. The molecule has 1 atom stereocenters. The summed E-state index contributed by atoms with van der Waals surface area (Å²) in [5, 5.41) is 23.9. The number of tetrazole rings is 1. The fourth-order valence-corrected chi connectivity index (χ4v) is 3.79. The van der Waals surface area contributed by atoms with Crippen LogP contribution in [-0.4, -0.2) is 104 Å². The van der Waals surface area contributed by atoms with Crippen molar-refractivity contribution in [2.75, 3.05) is 0 Å². The Balaban J connectivity index is -0.000000550. The molecule has 1 amide bonds. The molecule has 0 unspecified atom stereocenters. The molecule has 0 aliphatic rings. The number of benzene rings is 2. The van der Waals surface area contributed by atoms with Crippen molar-refractivity contribution >= 4 is 34.9 Å². The lowest BCUT2D eigenvalue weighted by molar-refractivity contribution is -0.153. The van der Waals surface area contributed by atoms with Crippen LogP contribution in [0.5, 0.6) is 0 Å². The van der Waals surface area contributed by atoms with E-state index in [4.69, 9.17) is 0 Å². The first-order valence-electron chi connectivity index (χ1n) is 10.9. The lowest BCUT2D eigenvalue weighted by atomic mass is 9.97. The van der Waals surface area contributed by atoms with E-state index in [2.05, 4.69) is 20.6 Å². The zero-order valence-electron chi connectivity index (χ0n) is 21.7. The van der Waals surface area contributed by atoms with E-state index in [1.807, 2.05) is 69.3 Å². The molecule has 39 heavy (non-hydrogen) atoms. The molecule has 0 spiro atoms. The lowest BCUT2D eigenvalue weighted by Gasteiger charge is -2.32. The Labute approximate surface area is 242 Å². The summed E-state index contributed by atoms with van der Waals surface area (Å²) in [7, 11) is 0. The molecule has 1 aromatic heterocycles. The van der Waals surface area contributed by atoms with Crippen LogP contribution in [0.1, 0.15) is 45.6 Å². The minimum Gasteiger partial charge on any atom is -0.480 e. The second-order valence-corrected chi connectivity index (χ2v) is 8.14. The number of unbranched alkanes of at least 4 members (excludes halogenated alkanes) is 1. The average molecular weight is 570 g/mol. The molecule has 3 rings (SSSR count). The van der Waals surface area contributed by atoms with Crippen LogP contribution in [-0.2, 0) is 16.1 Å². The van der Waals surface area contributed by atoms with Gasteiger partial charge in [0.2, 0.25) is 5.91 Å². The normalized spacial score (nSPS) is 9.85. The number of carboxylic acids is 1. The molecule has 14 nitrogen and oxygen atoms in total. The van der Waals surface area contributed by atoms with Crippen molar-refractivity contribution in [3.63, 3.8) is 0 Å². The van der Waals surface area contributed by atoms with E-state index in [1.54, 1.807) is 0 Å². The maximum absolute atomic E-state index is 12.9. The van der Waals surface area contributed by atoms with E-state index < -0.39 is 12.0 Å². The van der Waals surface area contributed by atoms with Gasteiger partial charge in [-0.05, 0) is 39.5 Å². The molecule has 2 aromatic carbocycles. The monoisotopic (exact) mass is 569 g/mol. The van der Waals surface area contributed by atoms with E-state index >= 15 is 0 Å². The summed E-state index contributed by atoms with van der Waals surface area (Å²) in [4.78, 5) is 26.3. The SMILES string of the molecule is CCCCC(=O)N(Cc1ccc(-c2ccccc2-c2nnn[nH]2)cc1)[C@H](C(=O)O)C(C)C.O.O.O.O.O.O.[MgH2]. The number of hydrogen-bond donors (Lipinski definition) is 2. The number of H-pyrrole nitrogens is 1. The largest absolute Gasteiger partial charge is 0.480 e. The molecule has 0 bridgehead atoms. The molecule has 1 heterocycles. The number of aliphatic carboxylic acids is 1. The first-order chi connectivity index (χ1) is 15.4. The molecule has 0 saturated carbocycles. The van der Waals surface area contributed by atoms with Gasteiger partial charge in [-0.15, -0.1) is 5.10 Å². The van der Waals surface area contributed by atoms with Crippen LogP contribution < -0.4 is 0 Å². The van der Waals surface area contributed by atoms with Crippen molar-refractivity contribution in [2.45, 2.75) is 52.6 Å². The molecule has 0 fully saturated rings. The molecule has 0 aliphatic heterocycles. The van der Waals surface area contributed by atoms with Crippen LogP contribution in [0.2, 0.25) is 0 Å². The van der Waals surface area contributed by atoms with Gasteiger partial charge in [0.1, 0.15) is 6.04 Å². The fraction of sp³-hybridized carbons (Fsp3) is 0.375. The molecule has 14 N–H and O–H groups in total. The second kappa shape index (κ2) is 21.9. The third-order valence-corrected chi connectivity index (χ3v) is 5.43. The number of aromatic amines is 1. The van der Waals surface area contributed by atoms with E-state index in [-0.39, 0.29) is 74.3 Å². The number of nitrogens with zero attached hydrogens (tertiary/aromatic N) is 4. The molecule has 0 radical (unpaired) electrons. The Bertz CT molecular complexity index is 1050. The number of nitrogens with one attached hydrogen (secondary N) is 1. The van der Waals surface area contributed by atoms with Gasteiger partial charge in [-0.1, -0.05) is 75.7 Å². The van der Waals surface area contributed by atoms with Crippen molar-refractivity contribution in [3.8, 4) is 22.5 Å². The van der Waals surface area contributed by atoms with Gasteiger partial charge in [-0.25, -0.2) is 9.89 Å². The maximum Gasteiger partial charge on any atom is 0.326 e. The number of hydrogen-bond acceptors (Lipinski definition) is 5. The Morgan fingerprint density at radius 1 is 0.923 bits per heavy atom. The average Bonchev–Trinajstić information content (AvgIpc) is 3.32. The highest BCUT2D eigenvalue weighted by molar-refractivity contribution is 5.84. The number of carboxylic acid groups (broad SMARTS) is 1. The van der Waals surface area contributed by atoms with Gasteiger partial charge in [-0.3, -0.25) is 4.79 Å². The lowest BCUT2D eigenvalue weighted by Crippen LogP contribution is -2.47. The van der Waals surface area contributed by atoms with Crippen molar-refractivity contribution in [1.82, 2.24) is 25.5 Å². The van der Waals surface area contributed by atoms with Crippen molar-refractivity contribution < 1.29 is 47.6 Å². The van der Waals surface area contributed by atoms with Crippen LogP contribution >= 0.6 is 0 Å². The van der Waals surface area contributed by atoms with Gasteiger partial charge < -0.3 is 42.9 Å². The highest BCUT2D eigenvalue weighted by Gasteiger charge is 2.32. The Kier molecular flexibility index (Phi) is 25.7. The van der Waals surface area contributed by atoms with E-state index in [1.165, 1.54) is 4.90 Å². The highest BCUT2D eigenvalue weighted by atomic mass is 24.3. The van der Waals surface area contributed by atoms with Crippen LogP contribution in [0.4, 0.5) is 0 Å². The van der Waals surface area contributed by atoms with Crippen LogP contribution in [0.3, 0.4) is 0 Å². The van der Waals surface area contributed by atoms with Gasteiger partial charge in [0.05, 0.1) is 0 Å². The minimum absolute atomic E-state index is 0. The van der Waals surface area contributed by atoms with Gasteiger partial charge >= 0.3 is 29.0 Å². The highest BCUT2D eigenvalue weighted by Crippen LogP contribution is 2.30. The second-order valence-electron chi connectivity index (χ2n) is 8.14. The Morgan fingerprint density at radius 2 is 1.49 bits per heavy atom. The Morgan fingerprint density at radius 3 is 1.95 bits per heavy atom. The molecular formula is C24H43MgN5O9. The molecule has 0 aliphatic carbocycles. The van der Waals surface area contributed by atoms with E-state index in [0.29, 0.717) is 12.2 Å². The zero-order chi connectivity index (χ0) is 23.1. The first kappa shape index (κ1) is 45.9. The zero-order valence-corrected chi connectivity index (χ0v) is 21.7. The summed E-state index contributed by atoms with van der Waals surface area (Å²) in [5.41, 5.74) is 3.71. The summed E-state index contributed by atoms with van der Waals surface area (Å²) in [6, 6.07) is 14.8. The van der Waals surface area contributed by atoms with Gasteiger partial charge in [0, 0.05) is 18.5 Å². The summed E-state index contributed by atoms with van der Waals surface area (Å²) in [6.45, 7) is 5.93. The third-order valence-electron chi connectivity index (χ3n) is 5.43. The summed E-state index contributed by atoms with van der Waals surface area (Å²) in [5.74, 6) is -0.713. The third kappa shape index (κ3) is 11.7. The maximum atomic E-state index is 12.9. The van der Waals surface area contributed by atoms with Crippen molar-refractivity contribution in [2.24, 2.45) is 5.92 Å². The molecule has 0 saturated heterocycles. The topological polar surface area (TPSA) is 301 Å². The van der Waals surface area contributed by atoms with Crippen LogP contribution in [0.15, 0.2) is 48.5 Å². The quantitative estimate of drug-likeness (QED) is 0.267. The fourth-order valence-electron chi connectivity index (χ4n) is 3.79. The van der Waals surface area contributed by atoms with E-state index in [0.717, 1.165) is 35.1 Å². The predicted molar refractivity (Wildman–Crippen MR) is 152 cm³/mol. The number of aromatic nitrogens is 4. The smallest absolute Gasteiger partial charge is 0.326 e. The number of carbonyl (C=O) groups is 2. The molecule has 3 aromatic rings. The molecular weight excluding hydrogens is 527 g/mol. The van der Waals surface area contributed by atoms with Crippen LogP contribution in [0, 0.1) is 5.92 Å². The van der Waals surface area contributed by atoms with E-state index in [9.17, 15) is 14.7 Å². The summed E-state index contributed by atoms with van der Waals surface area (Å²) in [6.07, 6.45) is 1.98. The Hall–Kier alpha value is -3.02. The van der Waals surface area contributed by atoms with Crippen molar-refractivity contribution in [1.29, 1.82) is 0 Å². The number of amides is 1. The molecule has 220 valence electrons. The van der Waals surface area contributed by atoms with Crippen molar-refractivity contribution in [3.05, 3.63) is 54.1 Å². The van der Waals surface area contributed by atoms with Gasteiger partial charge in [0.25, 0.3) is 0 Å². The number of carbonyl (C=O) groups excluding carboxylic acids is 1. The van der Waals surface area contributed by atoms with Gasteiger partial charge in [0.15, 0.2) is 5.82 Å². The van der Waals surface area contributed by atoms with Gasteiger partial charge in [-0.2, -0.15) is 0 Å². The first-order valence-corrected chi connectivity index (χ1v) is 10.9. The number of rotatable bonds is 10.